The van der Waals surface area contributed by atoms with Crippen molar-refractivity contribution >= 4 is 50.1 Å². The molecule has 33 heavy (non-hydrogen) atoms. The van der Waals surface area contributed by atoms with Gasteiger partial charge in [0.25, 0.3) is 0 Å². The van der Waals surface area contributed by atoms with Crippen molar-refractivity contribution in [3.05, 3.63) is 53.3 Å². The molecule has 168 valence electrons. The zero-order valence-electron chi connectivity index (χ0n) is 18.5. The fraction of sp³-hybridized carbons (Fsp3) is 0.360. The van der Waals surface area contributed by atoms with E-state index in [-0.39, 0.29) is 24.2 Å². The summed E-state index contributed by atoms with van der Waals surface area (Å²) < 4.78 is 1.11. The normalized spacial score (nSPS) is 19.8. The van der Waals surface area contributed by atoms with Gasteiger partial charge in [-0.05, 0) is 50.1 Å². The number of amides is 2. The van der Waals surface area contributed by atoms with Gasteiger partial charge in [0.1, 0.15) is 5.82 Å². The molecule has 2 aromatic heterocycles. The Morgan fingerprint density at radius 2 is 1.91 bits per heavy atom. The summed E-state index contributed by atoms with van der Waals surface area (Å²) in [4.78, 5) is 42.4. The van der Waals surface area contributed by atoms with Gasteiger partial charge >= 0.3 is 0 Å². The molecule has 1 N–H and O–H groups in total. The van der Waals surface area contributed by atoms with E-state index in [4.69, 9.17) is 4.98 Å². The van der Waals surface area contributed by atoms with Crippen molar-refractivity contribution in [2.75, 3.05) is 24.5 Å². The number of carbonyl (C=O) groups is 2. The fourth-order valence-corrected chi connectivity index (χ4v) is 5.93. The molecule has 7 nitrogen and oxygen atoms in total. The predicted molar refractivity (Wildman–Crippen MR) is 129 cm³/mol. The Morgan fingerprint density at radius 1 is 1.09 bits per heavy atom. The molecule has 2 aliphatic rings. The van der Waals surface area contributed by atoms with Gasteiger partial charge in [-0.3, -0.25) is 9.59 Å². The third-order valence-electron chi connectivity index (χ3n) is 6.87. The molecule has 1 atom stereocenters. The topological polar surface area (TPSA) is 82.2 Å². The zero-order chi connectivity index (χ0) is 22.5. The van der Waals surface area contributed by atoms with Crippen LogP contribution in [0.15, 0.2) is 42.5 Å². The van der Waals surface area contributed by atoms with Crippen LogP contribution >= 0.6 is 11.3 Å². The average molecular weight is 460 g/mol. The van der Waals surface area contributed by atoms with Crippen LogP contribution in [0.5, 0.6) is 0 Å². The van der Waals surface area contributed by atoms with E-state index in [9.17, 15) is 9.59 Å². The minimum Gasteiger partial charge on any atom is -0.342 e. The monoisotopic (exact) mass is 459 g/mol. The Bertz CT molecular complexity index is 1330. The lowest BCUT2D eigenvalue weighted by molar-refractivity contribution is -0.136. The maximum absolute atomic E-state index is 13.2. The van der Waals surface area contributed by atoms with Crippen LogP contribution < -0.4 is 4.90 Å². The molecule has 1 unspecified atom stereocenters. The van der Waals surface area contributed by atoms with E-state index in [0.717, 1.165) is 50.6 Å². The van der Waals surface area contributed by atoms with Gasteiger partial charge in [0, 0.05) is 37.7 Å². The van der Waals surface area contributed by atoms with Gasteiger partial charge in [-0.15, -0.1) is 11.3 Å². The third-order valence-corrected chi connectivity index (χ3v) is 7.82. The van der Waals surface area contributed by atoms with Gasteiger partial charge in [-0.25, -0.2) is 9.97 Å². The largest absolute Gasteiger partial charge is 0.342 e. The second kappa shape index (κ2) is 7.95. The first kappa shape index (κ1) is 20.4. The molecule has 2 fully saturated rings. The van der Waals surface area contributed by atoms with Gasteiger partial charge in [-0.1, -0.05) is 12.1 Å². The number of H-pyrrole nitrogens is 1. The van der Waals surface area contributed by atoms with Crippen LogP contribution in [-0.4, -0.2) is 51.3 Å². The molecule has 0 spiro atoms. The highest BCUT2D eigenvalue weighted by atomic mass is 32.1. The van der Waals surface area contributed by atoms with Crippen LogP contribution in [0.25, 0.3) is 21.3 Å². The molecule has 4 heterocycles. The van der Waals surface area contributed by atoms with Crippen molar-refractivity contribution in [3.8, 4) is 0 Å². The number of benzene rings is 2. The first-order valence-electron chi connectivity index (χ1n) is 11.5. The number of rotatable bonds is 3. The zero-order valence-corrected chi connectivity index (χ0v) is 19.3. The lowest BCUT2D eigenvalue weighted by atomic mass is 9.95. The molecule has 0 radical (unpaired) electrons. The Morgan fingerprint density at radius 3 is 2.73 bits per heavy atom. The number of para-hydroxylation sites is 2. The Kier molecular flexibility index (Phi) is 4.90. The summed E-state index contributed by atoms with van der Waals surface area (Å²) in [6.45, 7) is 3.83. The Hall–Kier alpha value is -3.26. The number of anilines is 1. The van der Waals surface area contributed by atoms with Crippen LogP contribution in [0.3, 0.4) is 0 Å². The number of carbonyl (C=O) groups excluding carboxylic acids is 2. The van der Waals surface area contributed by atoms with Gasteiger partial charge in [-0.2, -0.15) is 0 Å². The molecule has 2 aliphatic heterocycles. The minimum absolute atomic E-state index is 0.0109. The van der Waals surface area contributed by atoms with E-state index in [2.05, 4.69) is 9.97 Å². The fourth-order valence-electron chi connectivity index (χ4n) is 5.12. The van der Waals surface area contributed by atoms with E-state index < -0.39 is 0 Å². The number of nitrogens with one attached hydrogen (secondary N) is 1. The molecule has 0 aliphatic carbocycles. The number of nitrogens with zero attached hydrogens (tertiary/aromatic N) is 4. The average Bonchev–Trinajstić information content (AvgIpc) is 3.53. The molecule has 2 amide bonds. The maximum atomic E-state index is 13.2. The summed E-state index contributed by atoms with van der Waals surface area (Å²) >= 11 is 1.65. The minimum atomic E-state index is -0.284. The van der Waals surface area contributed by atoms with Crippen LogP contribution in [-0.2, 0) is 9.59 Å². The molecule has 8 heteroatoms. The quantitative estimate of drug-likeness (QED) is 0.497. The number of hydrogen-bond acceptors (Lipinski definition) is 5. The predicted octanol–water partition coefficient (Wildman–Crippen LogP) is 4.24. The second-order valence-electron chi connectivity index (χ2n) is 9.03. The molecular weight excluding hydrogens is 434 g/mol. The highest BCUT2D eigenvalue weighted by Crippen LogP contribution is 2.33. The lowest BCUT2D eigenvalue weighted by Crippen LogP contribution is -2.42. The summed E-state index contributed by atoms with van der Waals surface area (Å²) in [6, 6.07) is 14.0. The Labute approximate surface area is 195 Å². The summed E-state index contributed by atoms with van der Waals surface area (Å²) in [5.74, 6) is 1.17. The van der Waals surface area contributed by atoms with Crippen molar-refractivity contribution in [3.63, 3.8) is 0 Å². The van der Waals surface area contributed by atoms with Crippen LogP contribution in [0.1, 0.15) is 36.0 Å². The first-order chi connectivity index (χ1) is 16.0. The van der Waals surface area contributed by atoms with E-state index in [1.165, 1.54) is 0 Å². The number of aromatic nitrogens is 3. The lowest BCUT2D eigenvalue weighted by Gasteiger charge is -2.32. The molecular formula is C25H25N5O2S. The third kappa shape index (κ3) is 3.68. The number of imidazole rings is 1. The second-order valence-corrected chi connectivity index (χ2v) is 10.3. The number of piperidine rings is 1. The van der Waals surface area contributed by atoms with Crippen molar-refractivity contribution in [2.24, 2.45) is 5.92 Å². The van der Waals surface area contributed by atoms with Crippen LogP contribution in [0, 0.1) is 12.8 Å². The van der Waals surface area contributed by atoms with Crippen molar-refractivity contribution in [1.82, 2.24) is 19.9 Å². The molecule has 0 saturated carbocycles. The summed E-state index contributed by atoms with van der Waals surface area (Å²) in [6.07, 6.45) is 2.04. The van der Waals surface area contributed by atoms with Crippen molar-refractivity contribution in [1.29, 1.82) is 0 Å². The number of thiazole rings is 1. The highest BCUT2D eigenvalue weighted by molar-refractivity contribution is 7.18. The standard InChI is InChI=1S/C25H25N5O2S/c1-15-26-21-13-18(6-7-22(21)33-15)30-14-17(12-23(30)31)25(32)29-10-8-16(9-11-29)24-27-19-4-2-3-5-20(19)28-24/h2-7,13,16-17H,8-12,14H2,1H3,(H,27,28). The summed E-state index contributed by atoms with van der Waals surface area (Å²) in [5, 5.41) is 1.01. The van der Waals surface area contributed by atoms with Crippen LogP contribution in [0.2, 0.25) is 0 Å². The number of fused-ring (bicyclic) bond motifs is 2. The SMILES string of the molecule is Cc1nc2cc(N3CC(C(=O)N4CCC(c5nc6ccccc6[nH]5)CC4)CC3=O)ccc2s1. The van der Waals surface area contributed by atoms with Crippen LogP contribution in [0.4, 0.5) is 5.69 Å². The van der Waals surface area contributed by atoms with E-state index in [1.807, 2.05) is 54.3 Å². The molecule has 4 aromatic rings. The number of hydrogen-bond donors (Lipinski definition) is 1. The van der Waals surface area contributed by atoms with E-state index in [1.54, 1.807) is 16.2 Å². The summed E-state index contributed by atoms with van der Waals surface area (Å²) in [7, 11) is 0. The van der Waals surface area contributed by atoms with Gasteiger partial charge < -0.3 is 14.8 Å². The number of aromatic amines is 1. The maximum Gasteiger partial charge on any atom is 0.228 e. The number of likely N-dealkylation sites (tertiary alicyclic amines) is 1. The molecule has 0 bridgehead atoms. The van der Waals surface area contributed by atoms with Crippen molar-refractivity contribution in [2.45, 2.75) is 32.1 Å². The van der Waals surface area contributed by atoms with Gasteiger partial charge in [0.05, 0.1) is 32.2 Å². The Balaban J connectivity index is 1.11. The van der Waals surface area contributed by atoms with E-state index >= 15 is 0 Å². The van der Waals surface area contributed by atoms with Gasteiger partial charge in [0.15, 0.2) is 0 Å². The van der Waals surface area contributed by atoms with E-state index in [0.29, 0.717) is 25.6 Å². The first-order valence-corrected chi connectivity index (χ1v) is 12.3. The van der Waals surface area contributed by atoms with Crippen molar-refractivity contribution < 1.29 is 9.59 Å². The number of aryl methyl sites for hydroxylation is 1. The summed E-state index contributed by atoms with van der Waals surface area (Å²) in [5.41, 5.74) is 3.78. The smallest absolute Gasteiger partial charge is 0.228 e. The molecule has 2 saturated heterocycles. The highest BCUT2D eigenvalue weighted by Gasteiger charge is 2.38. The molecule has 2 aromatic carbocycles. The van der Waals surface area contributed by atoms with Gasteiger partial charge in [0.2, 0.25) is 11.8 Å². The molecule has 6 rings (SSSR count).